The Hall–Kier alpha value is -1.55. The van der Waals surface area contributed by atoms with Crippen LogP contribution in [0.15, 0.2) is 30.1 Å². The summed E-state index contributed by atoms with van der Waals surface area (Å²) in [6.45, 7) is 2.02. The quantitative estimate of drug-likeness (QED) is 0.811. The molecule has 1 heterocycles. The molecule has 1 aliphatic rings. The average Bonchev–Trinajstić information content (AvgIpc) is 3.13. The van der Waals surface area contributed by atoms with Crippen molar-refractivity contribution in [2.24, 2.45) is 5.92 Å². The van der Waals surface area contributed by atoms with Gasteiger partial charge in [-0.1, -0.05) is 17.2 Å². The molecule has 0 spiro atoms. The van der Waals surface area contributed by atoms with E-state index in [1.54, 1.807) is 24.5 Å². The number of allylic oxidation sites excluding steroid dienone is 1. The summed E-state index contributed by atoms with van der Waals surface area (Å²) in [7, 11) is 0. The molecule has 1 saturated carbocycles. The normalized spacial score (nSPS) is 15.5. The molecule has 4 nitrogen and oxygen atoms in total. The van der Waals surface area contributed by atoms with Gasteiger partial charge in [-0.2, -0.15) is 0 Å². The summed E-state index contributed by atoms with van der Waals surface area (Å²) in [6, 6.07) is 3.11. The number of hydrogen-bond donors (Lipinski definition) is 2. The van der Waals surface area contributed by atoms with Crippen LogP contribution >= 0.6 is 11.6 Å². The maximum Gasteiger partial charge on any atom is 0.323 e. The van der Waals surface area contributed by atoms with Gasteiger partial charge in [-0.05, 0) is 37.8 Å². The molecule has 0 atom stereocenters. The Kier molecular flexibility index (Phi) is 3.64. The number of anilines is 1. The smallest absolute Gasteiger partial charge is 0.314 e. The van der Waals surface area contributed by atoms with Crippen LogP contribution in [0.1, 0.15) is 19.8 Å². The lowest BCUT2D eigenvalue weighted by Gasteiger charge is -2.06. The molecule has 0 unspecified atom stereocenters. The number of nitrogens with zero attached hydrogens (tertiary/aromatic N) is 1. The molecular formula is C12H14ClN3O. The zero-order valence-corrected chi connectivity index (χ0v) is 10.3. The highest BCUT2D eigenvalue weighted by atomic mass is 35.5. The lowest BCUT2D eigenvalue weighted by Crippen LogP contribution is -2.24. The van der Waals surface area contributed by atoms with Crippen LogP contribution in [-0.4, -0.2) is 11.0 Å². The zero-order valence-electron chi connectivity index (χ0n) is 9.53. The fourth-order valence-corrected chi connectivity index (χ4v) is 1.64. The number of carbonyl (C=O) groups excluding carboxylic acids is 1. The highest BCUT2D eigenvalue weighted by molar-refractivity contribution is 6.32. The second-order valence-corrected chi connectivity index (χ2v) is 4.46. The van der Waals surface area contributed by atoms with E-state index < -0.39 is 0 Å². The molecule has 1 aliphatic carbocycles. The SMILES string of the molecule is C/C(=C\NC(=O)Nc1cccnc1Cl)C1CC1. The Morgan fingerprint density at radius 3 is 3.00 bits per heavy atom. The lowest BCUT2D eigenvalue weighted by molar-refractivity contribution is 0.255. The lowest BCUT2D eigenvalue weighted by atomic mass is 10.2. The molecule has 5 heteroatoms. The molecule has 0 bridgehead atoms. The molecule has 17 heavy (non-hydrogen) atoms. The van der Waals surface area contributed by atoms with Crippen molar-refractivity contribution < 1.29 is 4.79 Å². The van der Waals surface area contributed by atoms with Crippen LogP contribution in [0.4, 0.5) is 10.5 Å². The van der Waals surface area contributed by atoms with Crippen LogP contribution < -0.4 is 10.6 Å². The minimum absolute atomic E-state index is 0.283. The number of carbonyl (C=O) groups is 1. The molecule has 0 radical (unpaired) electrons. The number of nitrogens with one attached hydrogen (secondary N) is 2. The van der Waals surface area contributed by atoms with Gasteiger partial charge in [0.25, 0.3) is 0 Å². The molecular weight excluding hydrogens is 238 g/mol. The summed E-state index contributed by atoms with van der Waals surface area (Å²) in [6.07, 6.45) is 5.76. The minimum Gasteiger partial charge on any atom is -0.314 e. The first kappa shape index (κ1) is 11.9. The van der Waals surface area contributed by atoms with Crippen molar-refractivity contribution in [1.29, 1.82) is 0 Å². The Labute approximate surface area is 105 Å². The van der Waals surface area contributed by atoms with E-state index in [1.807, 2.05) is 6.92 Å². The molecule has 0 aromatic carbocycles. The van der Waals surface area contributed by atoms with Crippen LogP contribution in [0.3, 0.4) is 0 Å². The molecule has 2 amide bonds. The maximum atomic E-state index is 11.6. The van der Waals surface area contributed by atoms with E-state index in [4.69, 9.17) is 11.6 Å². The van der Waals surface area contributed by atoms with Crippen molar-refractivity contribution >= 4 is 23.3 Å². The predicted molar refractivity (Wildman–Crippen MR) is 67.9 cm³/mol. The van der Waals surface area contributed by atoms with Gasteiger partial charge in [0.05, 0.1) is 5.69 Å². The van der Waals surface area contributed by atoms with Gasteiger partial charge in [0.2, 0.25) is 0 Å². The molecule has 0 aliphatic heterocycles. The Bertz CT molecular complexity index is 455. The van der Waals surface area contributed by atoms with E-state index in [2.05, 4.69) is 15.6 Å². The number of urea groups is 1. The molecule has 0 saturated heterocycles. The highest BCUT2D eigenvalue weighted by Crippen LogP contribution is 2.35. The predicted octanol–water partition coefficient (Wildman–Crippen LogP) is 3.17. The van der Waals surface area contributed by atoms with Crippen LogP contribution in [-0.2, 0) is 0 Å². The van der Waals surface area contributed by atoms with Crippen molar-refractivity contribution in [2.75, 3.05) is 5.32 Å². The second kappa shape index (κ2) is 5.19. The standard InChI is InChI=1S/C12H14ClN3O/c1-8(9-4-5-9)7-15-12(17)16-10-3-2-6-14-11(10)13/h2-3,6-7,9H,4-5H2,1H3,(H2,15,16,17)/b8-7+. The topological polar surface area (TPSA) is 54.0 Å². The largest absolute Gasteiger partial charge is 0.323 e. The Morgan fingerprint density at radius 1 is 1.59 bits per heavy atom. The zero-order chi connectivity index (χ0) is 12.3. The van der Waals surface area contributed by atoms with Crippen molar-refractivity contribution in [3.05, 3.63) is 35.3 Å². The fraction of sp³-hybridized carbons (Fsp3) is 0.333. The monoisotopic (exact) mass is 251 g/mol. The van der Waals surface area contributed by atoms with Crippen molar-refractivity contribution in [1.82, 2.24) is 10.3 Å². The van der Waals surface area contributed by atoms with Crippen LogP contribution in [0.5, 0.6) is 0 Å². The molecule has 1 fully saturated rings. The van der Waals surface area contributed by atoms with Crippen LogP contribution in [0, 0.1) is 5.92 Å². The van der Waals surface area contributed by atoms with E-state index in [9.17, 15) is 4.79 Å². The average molecular weight is 252 g/mol. The second-order valence-electron chi connectivity index (χ2n) is 4.10. The van der Waals surface area contributed by atoms with Gasteiger partial charge in [-0.25, -0.2) is 9.78 Å². The van der Waals surface area contributed by atoms with Gasteiger partial charge in [0, 0.05) is 12.4 Å². The van der Waals surface area contributed by atoms with E-state index in [1.165, 1.54) is 18.4 Å². The summed E-state index contributed by atoms with van der Waals surface area (Å²) < 4.78 is 0. The van der Waals surface area contributed by atoms with Gasteiger partial charge in [-0.3, -0.25) is 0 Å². The van der Waals surface area contributed by atoms with Gasteiger partial charge in [-0.15, -0.1) is 0 Å². The van der Waals surface area contributed by atoms with Crippen molar-refractivity contribution in [2.45, 2.75) is 19.8 Å². The van der Waals surface area contributed by atoms with Crippen molar-refractivity contribution in [3.8, 4) is 0 Å². The van der Waals surface area contributed by atoms with Gasteiger partial charge in [0.1, 0.15) is 0 Å². The first-order chi connectivity index (χ1) is 8.16. The van der Waals surface area contributed by atoms with Crippen LogP contribution in [0.25, 0.3) is 0 Å². The molecule has 1 aromatic rings. The number of aromatic nitrogens is 1. The summed E-state index contributed by atoms with van der Waals surface area (Å²) in [4.78, 5) is 15.4. The Morgan fingerprint density at radius 2 is 2.35 bits per heavy atom. The van der Waals surface area contributed by atoms with Gasteiger partial charge >= 0.3 is 6.03 Å². The minimum atomic E-state index is -0.306. The number of rotatable bonds is 3. The summed E-state index contributed by atoms with van der Waals surface area (Å²) in [5, 5.41) is 5.60. The molecule has 1 aromatic heterocycles. The summed E-state index contributed by atoms with van der Waals surface area (Å²) in [5.41, 5.74) is 1.71. The molecule has 2 rings (SSSR count). The molecule has 90 valence electrons. The van der Waals surface area contributed by atoms with Crippen LogP contribution in [0.2, 0.25) is 5.15 Å². The van der Waals surface area contributed by atoms with E-state index >= 15 is 0 Å². The third kappa shape index (κ3) is 3.46. The van der Waals surface area contributed by atoms with Gasteiger partial charge in [0.15, 0.2) is 5.15 Å². The summed E-state index contributed by atoms with van der Waals surface area (Å²) >= 11 is 5.82. The van der Waals surface area contributed by atoms with E-state index in [0.29, 0.717) is 11.6 Å². The molecule has 2 N–H and O–H groups in total. The Balaban J connectivity index is 1.89. The van der Waals surface area contributed by atoms with Gasteiger partial charge < -0.3 is 10.6 Å². The third-order valence-corrected chi connectivity index (χ3v) is 2.96. The third-order valence-electron chi connectivity index (χ3n) is 2.66. The number of pyridine rings is 1. The van der Waals surface area contributed by atoms with Crippen molar-refractivity contribution in [3.63, 3.8) is 0 Å². The van der Waals surface area contributed by atoms with E-state index in [0.717, 1.165) is 0 Å². The van der Waals surface area contributed by atoms with E-state index in [-0.39, 0.29) is 11.2 Å². The first-order valence-electron chi connectivity index (χ1n) is 5.51. The number of halogens is 1. The number of amides is 2. The maximum absolute atomic E-state index is 11.6. The fourth-order valence-electron chi connectivity index (χ4n) is 1.47. The summed E-state index contributed by atoms with van der Waals surface area (Å²) in [5.74, 6) is 0.650. The highest BCUT2D eigenvalue weighted by Gasteiger charge is 2.22. The first-order valence-corrected chi connectivity index (χ1v) is 5.89. The number of hydrogen-bond acceptors (Lipinski definition) is 2.